The maximum Gasteiger partial charge on any atom is 0.416 e. The van der Waals surface area contributed by atoms with E-state index in [1.54, 1.807) is 12.4 Å². The number of fused-ring (bicyclic) bond motifs is 1. The molecule has 0 radical (unpaired) electrons. The van der Waals surface area contributed by atoms with Crippen LogP contribution in [-0.4, -0.2) is 76.8 Å². The zero-order valence-corrected chi connectivity index (χ0v) is 21.4. The second kappa shape index (κ2) is 12.2. The second-order valence-electron chi connectivity index (χ2n) is 9.84. The Morgan fingerprint density at radius 1 is 1.15 bits per heavy atom. The van der Waals surface area contributed by atoms with Gasteiger partial charge in [0.05, 0.1) is 36.4 Å². The molecule has 3 atom stereocenters. The number of aromatic nitrogens is 3. The lowest BCUT2D eigenvalue weighted by atomic mass is 10.1. The van der Waals surface area contributed by atoms with Gasteiger partial charge in [-0.15, -0.1) is 0 Å². The van der Waals surface area contributed by atoms with E-state index in [4.69, 9.17) is 9.47 Å². The molecule has 2 saturated heterocycles. The minimum atomic E-state index is -4.50. The molecule has 2 N–H and O–H groups in total. The highest BCUT2D eigenvalue weighted by Gasteiger charge is 2.38. The first-order valence-corrected chi connectivity index (χ1v) is 13.0. The van der Waals surface area contributed by atoms with E-state index >= 15 is 0 Å². The first-order chi connectivity index (χ1) is 18.9. The molecule has 9 nitrogen and oxygen atoms in total. The first-order valence-electron chi connectivity index (χ1n) is 13.0. The van der Waals surface area contributed by atoms with Gasteiger partial charge in [-0.1, -0.05) is 6.07 Å². The highest BCUT2D eigenvalue weighted by atomic mass is 19.4. The number of alkyl halides is 3. The summed E-state index contributed by atoms with van der Waals surface area (Å²) in [6, 6.07) is 7.15. The maximum absolute atomic E-state index is 13.2. The van der Waals surface area contributed by atoms with Gasteiger partial charge in [0.2, 0.25) is 5.91 Å². The lowest BCUT2D eigenvalue weighted by Gasteiger charge is -2.26. The molecule has 2 unspecified atom stereocenters. The second-order valence-corrected chi connectivity index (χ2v) is 9.84. The third-order valence-electron chi connectivity index (χ3n) is 7.14. The third-order valence-corrected chi connectivity index (χ3v) is 7.14. The zero-order chi connectivity index (χ0) is 27.2. The van der Waals surface area contributed by atoms with Crippen molar-refractivity contribution in [2.24, 2.45) is 0 Å². The van der Waals surface area contributed by atoms with Gasteiger partial charge in [0, 0.05) is 50.1 Å². The summed E-state index contributed by atoms with van der Waals surface area (Å²) in [7, 11) is 0. The van der Waals surface area contributed by atoms with E-state index in [1.165, 1.54) is 12.4 Å². The molecule has 2 fully saturated rings. The fourth-order valence-electron chi connectivity index (χ4n) is 5.14. The monoisotopic (exact) mass is 544 g/mol. The van der Waals surface area contributed by atoms with Crippen molar-refractivity contribution in [3.05, 3.63) is 60.2 Å². The highest BCUT2D eigenvalue weighted by Crippen LogP contribution is 2.32. The van der Waals surface area contributed by atoms with Crippen LogP contribution in [0.2, 0.25) is 0 Å². The molecule has 2 aliphatic rings. The van der Waals surface area contributed by atoms with Gasteiger partial charge >= 0.3 is 6.18 Å². The number of carbonyl (C=O) groups excluding carboxylic acids is 1. The molecule has 2 aromatic heterocycles. The van der Waals surface area contributed by atoms with Gasteiger partial charge in [0.25, 0.3) is 0 Å². The van der Waals surface area contributed by atoms with Crippen molar-refractivity contribution in [2.75, 3.05) is 38.2 Å². The van der Waals surface area contributed by atoms with E-state index < -0.39 is 11.7 Å². The predicted molar refractivity (Wildman–Crippen MR) is 138 cm³/mol. The summed E-state index contributed by atoms with van der Waals surface area (Å²) in [6.45, 7) is 3.01. The molecule has 4 heterocycles. The highest BCUT2D eigenvalue weighted by molar-refractivity contribution is 5.91. The van der Waals surface area contributed by atoms with Gasteiger partial charge in [-0.25, -0.2) is 9.97 Å². The Labute approximate surface area is 224 Å². The number of halogens is 3. The number of likely N-dealkylation sites (tertiary alicyclic amines) is 1. The average Bonchev–Trinajstić information content (AvgIpc) is 3.13. The van der Waals surface area contributed by atoms with E-state index in [-0.39, 0.29) is 35.8 Å². The molecule has 1 aromatic carbocycles. The van der Waals surface area contributed by atoms with Crippen LogP contribution in [0, 0.1) is 0 Å². The van der Waals surface area contributed by atoms with Crippen LogP contribution in [0.25, 0.3) is 10.9 Å². The maximum atomic E-state index is 13.2. The quantitative estimate of drug-likeness (QED) is 0.445. The number of nitrogens with zero attached hydrogens (tertiary/aromatic N) is 4. The lowest BCUT2D eigenvalue weighted by molar-refractivity contribution is -0.137. The summed E-state index contributed by atoms with van der Waals surface area (Å²) >= 11 is 0. The largest absolute Gasteiger partial charge is 0.416 e. The van der Waals surface area contributed by atoms with Gasteiger partial charge in [-0.2, -0.15) is 13.2 Å². The van der Waals surface area contributed by atoms with E-state index in [9.17, 15) is 18.0 Å². The van der Waals surface area contributed by atoms with E-state index in [0.717, 1.165) is 43.6 Å². The predicted octanol–water partition coefficient (Wildman–Crippen LogP) is 3.41. The van der Waals surface area contributed by atoms with Gasteiger partial charge in [0.15, 0.2) is 0 Å². The van der Waals surface area contributed by atoms with E-state index in [2.05, 4.69) is 30.5 Å². The van der Waals surface area contributed by atoms with Crippen LogP contribution in [0.5, 0.6) is 0 Å². The molecule has 12 heteroatoms. The number of amides is 1. The Hall–Kier alpha value is -3.35. The van der Waals surface area contributed by atoms with Crippen molar-refractivity contribution in [3.63, 3.8) is 0 Å². The van der Waals surface area contributed by atoms with Crippen LogP contribution in [0.4, 0.5) is 19.0 Å². The Balaban J connectivity index is 1.25. The molecular weight excluding hydrogens is 513 g/mol. The SMILES string of the molecule is O=C(CNc1ncnc2ccc(C(F)(F)F)cc12)NC1CN(C2CCCOCC2)C[C@@H]1OCc1cccnc1. The van der Waals surface area contributed by atoms with Crippen LogP contribution in [0.3, 0.4) is 0 Å². The van der Waals surface area contributed by atoms with Crippen molar-refractivity contribution < 1.29 is 27.4 Å². The molecule has 208 valence electrons. The Morgan fingerprint density at radius 2 is 2.05 bits per heavy atom. The third kappa shape index (κ3) is 7.00. The number of nitrogens with one attached hydrogen (secondary N) is 2. The molecule has 0 bridgehead atoms. The van der Waals surface area contributed by atoms with Crippen molar-refractivity contribution in [3.8, 4) is 0 Å². The summed E-state index contributed by atoms with van der Waals surface area (Å²) in [5.41, 5.74) is 0.490. The van der Waals surface area contributed by atoms with E-state index in [1.807, 2.05) is 12.1 Å². The molecule has 5 rings (SSSR count). The van der Waals surface area contributed by atoms with Crippen LogP contribution in [0.1, 0.15) is 30.4 Å². The first kappa shape index (κ1) is 27.2. The van der Waals surface area contributed by atoms with Gasteiger partial charge < -0.3 is 20.1 Å². The summed E-state index contributed by atoms with van der Waals surface area (Å²) < 4.78 is 51.6. The molecule has 0 aliphatic carbocycles. The van der Waals surface area contributed by atoms with Gasteiger partial charge in [0.1, 0.15) is 12.1 Å². The Bertz CT molecular complexity index is 1250. The van der Waals surface area contributed by atoms with Crippen molar-refractivity contribution in [2.45, 2.75) is 50.2 Å². The fourth-order valence-corrected chi connectivity index (χ4v) is 5.14. The van der Waals surface area contributed by atoms with Crippen LogP contribution >= 0.6 is 0 Å². The summed E-state index contributed by atoms with van der Waals surface area (Å²) in [5, 5.41) is 6.15. The summed E-state index contributed by atoms with van der Waals surface area (Å²) in [6.07, 6.45) is 2.93. The molecule has 3 aromatic rings. The number of rotatable bonds is 8. The molecule has 2 aliphatic heterocycles. The number of hydrogen-bond acceptors (Lipinski definition) is 8. The Morgan fingerprint density at radius 3 is 2.87 bits per heavy atom. The standard InChI is InChI=1S/C27H31F3N6O3/c28-27(29,30)19-5-6-22-21(11-19)26(34-17-33-22)32-13-25(37)35-23-14-36(20-4-2-9-38-10-7-20)15-24(23)39-16-18-3-1-8-31-12-18/h1,3,5-6,8,11-12,17,20,23-24H,2,4,7,9-10,13-16H2,(H,35,37)(H,32,33,34)/t20?,23?,24-/m0/s1. The topological polar surface area (TPSA) is 102 Å². The van der Waals surface area contributed by atoms with E-state index in [0.29, 0.717) is 37.9 Å². The van der Waals surface area contributed by atoms with Gasteiger partial charge in [-0.05, 0) is 49.1 Å². The normalized spacial score (nSPS) is 22.5. The van der Waals surface area contributed by atoms with Gasteiger partial charge in [-0.3, -0.25) is 14.7 Å². The minimum absolute atomic E-state index is 0.161. The fraction of sp³-hybridized carbons (Fsp3) is 0.481. The molecular formula is C27H31F3N6O3. The average molecular weight is 545 g/mol. The summed E-state index contributed by atoms with van der Waals surface area (Å²) in [5.74, 6) is -0.142. The number of ether oxygens (including phenoxy) is 2. The number of benzene rings is 1. The van der Waals surface area contributed by atoms with Crippen molar-refractivity contribution in [1.82, 2.24) is 25.2 Å². The molecule has 1 amide bonds. The number of pyridine rings is 1. The zero-order valence-electron chi connectivity index (χ0n) is 21.4. The molecule has 39 heavy (non-hydrogen) atoms. The van der Waals surface area contributed by atoms with Crippen molar-refractivity contribution >= 4 is 22.6 Å². The Kier molecular flexibility index (Phi) is 8.53. The summed E-state index contributed by atoms with van der Waals surface area (Å²) in [4.78, 5) is 27.6. The minimum Gasteiger partial charge on any atom is -0.381 e. The number of anilines is 1. The number of hydrogen-bond donors (Lipinski definition) is 2. The lowest BCUT2D eigenvalue weighted by Crippen LogP contribution is -2.46. The number of carbonyl (C=O) groups is 1. The van der Waals surface area contributed by atoms with Crippen molar-refractivity contribution in [1.29, 1.82) is 0 Å². The van der Waals surface area contributed by atoms with Crippen LogP contribution in [-0.2, 0) is 27.1 Å². The molecule has 0 saturated carbocycles. The smallest absolute Gasteiger partial charge is 0.381 e. The molecule has 0 spiro atoms. The van der Waals surface area contributed by atoms with Crippen LogP contribution < -0.4 is 10.6 Å². The van der Waals surface area contributed by atoms with Crippen LogP contribution in [0.15, 0.2) is 49.1 Å².